The Morgan fingerprint density at radius 3 is 2.70 bits per heavy atom. The maximum Gasteiger partial charge on any atom is 0.416 e. The Balaban J connectivity index is 2.39. The minimum atomic E-state index is -4.33. The topological polar surface area (TPSA) is 24.9 Å². The summed E-state index contributed by atoms with van der Waals surface area (Å²) < 4.78 is 39.5. The van der Waals surface area contributed by atoms with Gasteiger partial charge in [0.15, 0.2) is 0 Å². The van der Waals surface area contributed by atoms with Crippen molar-refractivity contribution in [2.45, 2.75) is 45.3 Å². The third-order valence-corrected chi connectivity index (χ3v) is 4.27. The van der Waals surface area contributed by atoms with Gasteiger partial charge in [0.1, 0.15) is 0 Å². The van der Waals surface area contributed by atoms with Crippen LogP contribution in [0.5, 0.6) is 0 Å². The van der Waals surface area contributed by atoms with E-state index in [2.05, 4.69) is 17.2 Å². The quantitative estimate of drug-likeness (QED) is 0.897. The summed E-state index contributed by atoms with van der Waals surface area (Å²) in [6.45, 7) is 4.71. The molecule has 0 radical (unpaired) electrons. The fraction of sp³-hybridized carbons (Fsp3) is 0.667. The first kappa shape index (κ1) is 15.3. The first-order valence-electron chi connectivity index (χ1n) is 7.19. The van der Waals surface area contributed by atoms with E-state index in [1.807, 2.05) is 6.92 Å². The van der Waals surface area contributed by atoms with Crippen LogP contribution in [0.15, 0.2) is 18.5 Å². The van der Waals surface area contributed by atoms with Crippen LogP contribution >= 0.6 is 0 Å². The summed E-state index contributed by atoms with van der Waals surface area (Å²) in [5.41, 5.74) is -0.266. The third-order valence-electron chi connectivity index (χ3n) is 4.27. The molecule has 1 aromatic heterocycles. The highest BCUT2D eigenvalue weighted by molar-refractivity contribution is 5.30. The third kappa shape index (κ3) is 3.14. The standard InChI is InChI=1S/C15H21F3N2/c1-3-20-14(11-6-4-5-10(11)2)12-9-19-8-7-13(12)15(16,17)18/h7-11,14,20H,3-6H2,1-2H3. The second-order valence-electron chi connectivity index (χ2n) is 5.57. The first-order valence-corrected chi connectivity index (χ1v) is 7.19. The average Bonchev–Trinajstić information content (AvgIpc) is 2.81. The molecule has 20 heavy (non-hydrogen) atoms. The van der Waals surface area contributed by atoms with Crippen LogP contribution in [0.3, 0.4) is 0 Å². The molecule has 1 aromatic rings. The number of halogens is 3. The summed E-state index contributed by atoms with van der Waals surface area (Å²) in [5.74, 6) is 0.695. The fourth-order valence-corrected chi connectivity index (χ4v) is 3.29. The molecule has 1 heterocycles. The van der Waals surface area contributed by atoms with E-state index in [-0.39, 0.29) is 12.0 Å². The number of rotatable bonds is 4. The van der Waals surface area contributed by atoms with Crippen LogP contribution < -0.4 is 5.32 Å². The van der Waals surface area contributed by atoms with Gasteiger partial charge in [0.25, 0.3) is 0 Å². The number of hydrogen-bond acceptors (Lipinski definition) is 2. The summed E-state index contributed by atoms with van der Waals surface area (Å²) in [6.07, 6.45) is 1.43. The van der Waals surface area contributed by atoms with Crippen LogP contribution in [0.2, 0.25) is 0 Å². The van der Waals surface area contributed by atoms with E-state index >= 15 is 0 Å². The van der Waals surface area contributed by atoms with Gasteiger partial charge in [-0.25, -0.2) is 0 Å². The molecule has 0 aromatic carbocycles. The van der Waals surface area contributed by atoms with E-state index in [9.17, 15) is 13.2 Å². The molecule has 1 fully saturated rings. The zero-order valence-electron chi connectivity index (χ0n) is 11.9. The molecule has 0 saturated heterocycles. The fourth-order valence-electron chi connectivity index (χ4n) is 3.29. The lowest BCUT2D eigenvalue weighted by molar-refractivity contribution is -0.138. The average molecular weight is 286 g/mol. The molecule has 1 saturated carbocycles. The van der Waals surface area contributed by atoms with Crippen molar-refractivity contribution < 1.29 is 13.2 Å². The summed E-state index contributed by atoms with van der Waals surface area (Å²) in [4.78, 5) is 3.92. The molecule has 3 unspecified atom stereocenters. The van der Waals surface area contributed by atoms with Crippen molar-refractivity contribution in [3.63, 3.8) is 0 Å². The molecular weight excluding hydrogens is 265 g/mol. The van der Waals surface area contributed by atoms with E-state index in [4.69, 9.17) is 0 Å². The Morgan fingerprint density at radius 2 is 2.15 bits per heavy atom. The number of hydrogen-bond donors (Lipinski definition) is 1. The monoisotopic (exact) mass is 286 g/mol. The normalized spacial score (nSPS) is 24.9. The van der Waals surface area contributed by atoms with Crippen molar-refractivity contribution >= 4 is 0 Å². The predicted octanol–water partition coefficient (Wildman–Crippen LogP) is 4.19. The lowest BCUT2D eigenvalue weighted by Gasteiger charge is -2.30. The van der Waals surface area contributed by atoms with Gasteiger partial charge in [-0.1, -0.05) is 26.7 Å². The van der Waals surface area contributed by atoms with Crippen molar-refractivity contribution in [2.24, 2.45) is 11.8 Å². The molecule has 1 aliphatic rings. The molecule has 1 aliphatic carbocycles. The van der Waals surface area contributed by atoms with Gasteiger partial charge in [0, 0.05) is 18.4 Å². The van der Waals surface area contributed by atoms with Gasteiger partial charge >= 0.3 is 6.18 Å². The minimum Gasteiger partial charge on any atom is -0.310 e. The van der Waals surface area contributed by atoms with Crippen LogP contribution in [0.1, 0.15) is 50.3 Å². The molecule has 112 valence electrons. The highest BCUT2D eigenvalue weighted by Gasteiger charge is 2.39. The van der Waals surface area contributed by atoms with E-state index < -0.39 is 11.7 Å². The molecule has 2 nitrogen and oxygen atoms in total. The summed E-state index contributed by atoms with van der Waals surface area (Å²) in [5, 5.41) is 3.24. The van der Waals surface area contributed by atoms with Crippen molar-refractivity contribution in [1.82, 2.24) is 10.3 Å². The van der Waals surface area contributed by atoms with Gasteiger partial charge < -0.3 is 5.32 Å². The molecule has 0 spiro atoms. The molecule has 0 bridgehead atoms. The lowest BCUT2D eigenvalue weighted by atomic mass is 9.84. The lowest BCUT2D eigenvalue weighted by Crippen LogP contribution is -2.31. The van der Waals surface area contributed by atoms with E-state index in [0.29, 0.717) is 18.0 Å². The Bertz CT molecular complexity index is 445. The number of alkyl halides is 3. The number of pyridine rings is 1. The number of aromatic nitrogens is 1. The number of nitrogens with one attached hydrogen (secondary N) is 1. The van der Waals surface area contributed by atoms with Crippen LogP contribution in [-0.4, -0.2) is 11.5 Å². The predicted molar refractivity (Wildman–Crippen MR) is 72.2 cm³/mol. The second kappa shape index (κ2) is 6.12. The first-order chi connectivity index (χ1) is 9.45. The van der Waals surface area contributed by atoms with E-state index in [0.717, 1.165) is 25.3 Å². The molecule has 2 rings (SSSR count). The van der Waals surface area contributed by atoms with Gasteiger partial charge in [-0.15, -0.1) is 0 Å². The highest BCUT2D eigenvalue weighted by atomic mass is 19.4. The van der Waals surface area contributed by atoms with Crippen LogP contribution in [0.25, 0.3) is 0 Å². The molecule has 0 aliphatic heterocycles. The van der Waals surface area contributed by atoms with Gasteiger partial charge in [0.05, 0.1) is 5.56 Å². The second-order valence-corrected chi connectivity index (χ2v) is 5.57. The molecule has 0 amide bonds. The van der Waals surface area contributed by atoms with Gasteiger partial charge in [-0.3, -0.25) is 4.98 Å². The number of nitrogens with zero attached hydrogens (tertiary/aromatic N) is 1. The van der Waals surface area contributed by atoms with E-state index in [1.54, 1.807) is 0 Å². The Hall–Kier alpha value is -1.10. The van der Waals surface area contributed by atoms with Gasteiger partial charge in [0.2, 0.25) is 0 Å². The minimum absolute atomic E-state index is 0.250. The summed E-state index contributed by atoms with van der Waals surface area (Å²) in [6, 6.07) is 0.821. The highest BCUT2D eigenvalue weighted by Crippen LogP contribution is 2.43. The van der Waals surface area contributed by atoms with Gasteiger partial charge in [-0.05, 0) is 36.4 Å². The zero-order valence-corrected chi connectivity index (χ0v) is 11.9. The smallest absolute Gasteiger partial charge is 0.310 e. The van der Waals surface area contributed by atoms with E-state index in [1.165, 1.54) is 12.4 Å². The van der Waals surface area contributed by atoms with Gasteiger partial charge in [-0.2, -0.15) is 13.2 Å². The Morgan fingerprint density at radius 1 is 1.40 bits per heavy atom. The SMILES string of the molecule is CCNC(c1cnccc1C(F)(F)F)C1CCCC1C. The summed E-state index contributed by atoms with van der Waals surface area (Å²) in [7, 11) is 0. The van der Waals surface area contributed by atoms with Crippen molar-refractivity contribution in [2.75, 3.05) is 6.54 Å². The molecule has 3 atom stereocenters. The molecule has 1 N–H and O–H groups in total. The Labute approximate surface area is 117 Å². The maximum atomic E-state index is 13.2. The summed E-state index contributed by atoms with van der Waals surface area (Å²) >= 11 is 0. The van der Waals surface area contributed by atoms with Crippen LogP contribution in [-0.2, 0) is 6.18 Å². The van der Waals surface area contributed by atoms with Crippen molar-refractivity contribution in [3.8, 4) is 0 Å². The van der Waals surface area contributed by atoms with Crippen molar-refractivity contribution in [1.29, 1.82) is 0 Å². The zero-order chi connectivity index (χ0) is 14.8. The molecule has 5 heteroatoms. The Kier molecular flexibility index (Phi) is 4.68. The van der Waals surface area contributed by atoms with Crippen LogP contribution in [0.4, 0.5) is 13.2 Å². The largest absolute Gasteiger partial charge is 0.416 e. The van der Waals surface area contributed by atoms with Crippen molar-refractivity contribution in [3.05, 3.63) is 29.6 Å². The molecular formula is C15H21F3N2. The maximum absolute atomic E-state index is 13.2. The van der Waals surface area contributed by atoms with Crippen LogP contribution in [0, 0.1) is 11.8 Å².